The standard InChI is InChI=1S/C12H16ClNO3/c1-12(2)7-8(3-6-17-12)14-11(15)9-4-5-16-10(9)13/h4-5,8H,3,6-7H2,1-2H3,(H,14,15). The van der Waals surface area contributed by atoms with Gasteiger partial charge in [0, 0.05) is 12.6 Å². The molecule has 1 fully saturated rings. The maximum atomic E-state index is 11.9. The van der Waals surface area contributed by atoms with Crippen LogP contribution in [0.1, 0.15) is 37.0 Å². The van der Waals surface area contributed by atoms with Gasteiger partial charge in [-0.3, -0.25) is 4.79 Å². The molecular weight excluding hydrogens is 242 g/mol. The molecule has 17 heavy (non-hydrogen) atoms. The highest BCUT2D eigenvalue weighted by Gasteiger charge is 2.30. The average Bonchev–Trinajstić information content (AvgIpc) is 2.62. The van der Waals surface area contributed by atoms with Crippen molar-refractivity contribution in [1.82, 2.24) is 5.32 Å². The molecule has 4 nitrogen and oxygen atoms in total. The molecule has 0 radical (unpaired) electrons. The van der Waals surface area contributed by atoms with Crippen molar-refractivity contribution in [2.45, 2.75) is 38.3 Å². The zero-order valence-corrected chi connectivity index (χ0v) is 10.7. The second kappa shape index (κ2) is 4.70. The summed E-state index contributed by atoms with van der Waals surface area (Å²) in [7, 11) is 0. The fourth-order valence-electron chi connectivity index (χ4n) is 2.07. The summed E-state index contributed by atoms with van der Waals surface area (Å²) in [5.41, 5.74) is 0.201. The smallest absolute Gasteiger partial charge is 0.256 e. The summed E-state index contributed by atoms with van der Waals surface area (Å²) in [6.07, 6.45) is 3.03. The minimum absolute atomic E-state index is 0.122. The zero-order chi connectivity index (χ0) is 12.5. The van der Waals surface area contributed by atoms with Crippen LogP contribution in [0.15, 0.2) is 16.7 Å². The van der Waals surface area contributed by atoms with Crippen LogP contribution in [0.2, 0.25) is 5.22 Å². The number of hydrogen-bond acceptors (Lipinski definition) is 3. The van der Waals surface area contributed by atoms with Crippen molar-refractivity contribution in [3.63, 3.8) is 0 Å². The maximum Gasteiger partial charge on any atom is 0.256 e. The molecule has 1 atom stereocenters. The van der Waals surface area contributed by atoms with Crippen molar-refractivity contribution >= 4 is 17.5 Å². The summed E-state index contributed by atoms with van der Waals surface area (Å²) in [6.45, 7) is 4.71. The fraction of sp³-hybridized carbons (Fsp3) is 0.583. The Labute approximate surface area is 105 Å². The van der Waals surface area contributed by atoms with Gasteiger partial charge < -0.3 is 14.5 Å². The van der Waals surface area contributed by atoms with E-state index in [1.807, 2.05) is 13.8 Å². The number of rotatable bonds is 2. The van der Waals surface area contributed by atoms with E-state index >= 15 is 0 Å². The number of carbonyl (C=O) groups is 1. The SMILES string of the molecule is CC1(C)CC(NC(=O)c2ccoc2Cl)CCO1. The summed E-state index contributed by atoms with van der Waals surface area (Å²) in [6, 6.07) is 1.69. The first-order valence-corrected chi connectivity index (χ1v) is 6.03. The maximum absolute atomic E-state index is 11.9. The minimum Gasteiger partial charge on any atom is -0.452 e. The van der Waals surface area contributed by atoms with Gasteiger partial charge in [0.25, 0.3) is 5.91 Å². The Morgan fingerprint density at radius 3 is 2.94 bits per heavy atom. The van der Waals surface area contributed by atoms with Crippen LogP contribution < -0.4 is 5.32 Å². The largest absolute Gasteiger partial charge is 0.452 e. The summed E-state index contributed by atoms with van der Waals surface area (Å²) < 4.78 is 10.5. The minimum atomic E-state index is -0.188. The van der Waals surface area contributed by atoms with E-state index in [2.05, 4.69) is 5.32 Å². The number of hydrogen-bond donors (Lipinski definition) is 1. The van der Waals surface area contributed by atoms with Gasteiger partial charge in [0.15, 0.2) is 0 Å². The molecule has 0 aromatic carbocycles. The number of halogens is 1. The third-order valence-corrected chi connectivity index (χ3v) is 3.19. The van der Waals surface area contributed by atoms with Gasteiger partial charge in [-0.1, -0.05) is 0 Å². The molecule has 0 spiro atoms. The molecular formula is C12H16ClNO3. The van der Waals surface area contributed by atoms with Crippen molar-refractivity contribution in [3.05, 3.63) is 23.1 Å². The molecule has 94 valence electrons. The van der Waals surface area contributed by atoms with Crippen molar-refractivity contribution in [2.24, 2.45) is 0 Å². The summed E-state index contributed by atoms with van der Waals surface area (Å²) in [5, 5.41) is 3.09. The monoisotopic (exact) mass is 257 g/mol. The molecule has 1 N–H and O–H groups in total. The molecule has 1 unspecified atom stereocenters. The van der Waals surface area contributed by atoms with Crippen LogP contribution in [-0.4, -0.2) is 24.2 Å². The Bertz CT molecular complexity index is 414. The molecule has 1 aliphatic rings. The average molecular weight is 258 g/mol. The van der Waals surface area contributed by atoms with E-state index in [1.165, 1.54) is 6.26 Å². The second-order valence-corrected chi connectivity index (χ2v) is 5.22. The highest BCUT2D eigenvalue weighted by Crippen LogP contribution is 2.24. The van der Waals surface area contributed by atoms with Crippen LogP contribution in [0.4, 0.5) is 0 Å². The molecule has 1 aromatic rings. The van der Waals surface area contributed by atoms with E-state index in [9.17, 15) is 4.79 Å². The van der Waals surface area contributed by atoms with Crippen LogP contribution in [0.3, 0.4) is 0 Å². The van der Waals surface area contributed by atoms with Gasteiger partial charge in [-0.25, -0.2) is 0 Å². The molecule has 0 saturated carbocycles. The number of carbonyl (C=O) groups excluding carboxylic acids is 1. The summed E-state index contributed by atoms with van der Waals surface area (Å²) in [4.78, 5) is 11.9. The van der Waals surface area contributed by atoms with E-state index in [0.29, 0.717) is 12.2 Å². The quantitative estimate of drug-likeness (QED) is 0.886. The van der Waals surface area contributed by atoms with E-state index in [-0.39, 0.29) is 22.8 Å². The van der Waals surface area contributed by atoms with Gasteiger partial charge >= 0.3 is 0 Å². The van der Waals surface area contributed by atoms with Crippen LogP contribution in [0, 0.1) is 0 Å². The molecule has 5 heteroatoms. The Kier molecular flexibility index (Phi) is 3.45. The number of amides is 1. The van der Waals surface area contributed by atoms with Gasteiger partial charge in [0.2, 0.25) is 5.22 Å². The zero-order valence-electron chi connectivity index (χ0n) is 9.96. The van der Waals surface area contributed by atoms with E-state index in [0.717, 1.165) is 12.8 Å². The van der Waals surface area contributed by atoms with Gasteiger partial charge in [-0.05, 0) is 44.4 Å². The molecule has 2 rings (SSSR count). The molecule has 0 aliphatic carbocycles. The molecule has 2 heterocycles. The predicted octanol–water partition coefficient (Wildman–Crippen LogP) is 2.62. The predicted molar refractivity (Wildman–Crippen MR) is 64.2 cm³/mol. The summed E-state index contributed by atoms with van der Waals surface area (Å²) in [5.74, 6) is -0.188. The Balaban J connectivity index is 1.98. The topological polar surface area (TPSA) is 51.5 Å². The number of nitrogens with one attached hydrogen (secondary N) is 1. The Hall–Kier alpha value is -1.00. The normalized spacial score (nSPS) is 23.4. The van der Waals surface area contributed by atoms with Crippen molar-refractivity contribution < 1.29 is 13.9 Å². The van der Waals surface area contributed by atoms with Gasteiger partial charge in [0.05, 0.1) is 17.4 Å². The Morgan fingerprint density at radius 2 is 2.35 bits per heavy atom. The first kappa shape index (κ1) is 12.5. The molecule has 1 saturated heterocycles. The van der Waals surface area contributed by atoms with E-state index < -0.39 is 0 Å². The van der Waals surface area contributed by atoms with E-state index in [1.54, 1.807) is 6.07 Å². The van der Waals surface area contributed by atoms with Crippen molar-refractivity contribution in [3.8, 4) is 0 Å². The third kappa shape index (κ3) is 3.01. The van der Waals surface area contributed by atoms with Crippen molar-refractivity contribution in [1.29, 1.82) is 0 Å². The first-order chi connectivity index (χ1) is 7.98. The molecule has 1 aliphatic heterocycles. The highest BCUT2D eigenvalue weighted by molar-refractivity contribution is 6.32. The van der Waals surface area contributed by atoms with Crippen LogP contribution in [-0.2, 0) is 4.74 Å². The fourth-order valence-corrected chi connectivity index (χ4v) is 2.27. The lowest BCUT2D eigenvalue weighted by Crippen LogP contribution is -2.45. The van der Waals surface area contributed by atoms with E-state index in [4.69, 9.17) is 20.8 Å². The molecule has 0 bridgehead atoms. The lowest BCUT2D eigenvalue weighted by Gasteiger charge is -2.35. The number of ether oxygens (including phenoxy) is 1. The highest BCUT2D eigenvalue weighted by atomic mass is 35.5. The molecule has 1 aromatic heterocycles. The number of furan rings is 1. The van der Waals surface area contributed by atoms with Crippen LogP contribution >= 0.6 is 11.6 Å². The van der Waals surface area contributed by atoms with Gasteiger partial charge in [-0.2, -0.15) is 0 Å². The third-order valence-electron chi connectivity index (χ3n) is 2.89. The Morgan fingerprint density at radius 1 is 1.59 bits per heavy atom. The first-order valence-electron chi connectivity index (χ1n) is 5.66. The lowest BCUT2D eigenvalue weighted by molar-refractivity contribution is -0.0615. The van der Waals surface area contributed by atoms with Crippen LogP contribution in [0.25, 0.3) is 0 Å². The summed E-state index contributed by atoms with van der Waals surface area (Å²) >= 11 is 5.76. The molecule has 1 amide bonds. The second-order valence-electron chi connectivity index (χ2n) is 4.88. The lowest BCUT2D eigenvalue weighted by atomic mass is 9.94. The van der Waals surface area contributed by atoms with Gasteiger partial charge in [-0.15, -0.1) is 0 Å². The van der Waals surface area contributed by atoms with Crippen molar-refractivity contribution in [2.75, 3.05) is 6.61 Å². The van der Waals surface area contributed by atoms with Gasteiger partial charge in [0.1, 0.15) is 0 Å². The van der Waals surface area contributed by atoms with Crippen LogP contribution in [0.5, 0.6) is 0 Å².